The Morgan fingerprint density at radius 1 is 0.862 bits per heavy atom. The van der Waals surface area contributed by atoms with E-state index in [9.17, 15) is 26.3 Å². The molecule has 5 nitrogen and oxygen atoms in total. The first-order valence-corrected chi connectivity index (χ1v) is 8.80. The van der Waals surface area contributed by atoms with Gasteiger partial charge in [0.25, 0.3) is 0 Å². The van der Waals surface area contributed by atoms with Gasteiger partial charge in [-0.3, -0.25) is 0 Å². The molecule has 0 radical (unpaired) electrons. The van der Waals surface area contributed by atoms with Crippen LogP contribution >= 0.6 is 0 Å². The van der Waals surface area contributed by atoms with E-state index in [4.69, 9.17) is 0 Å². The lowest BCUT2D eigenvalue weighted by Gasteiger charge is -2.33. The van der Waals surface area contributed by atoms with Crippen molar-refractivity contribution in [2.75, 3.05) is 43.4 Å². The van der Waals surface area contributed by atoms with Crippen molar-refractivity contribution in [3.8, 4) is 0 Å². The summed E-state index contributed by atoms with van der Waals surface area (Å²) in [5, 5.41) is 2.67. The highest BCUT2D eigenvalue weighted by molar-refractivity contribution is 5.45. The van der Waals surface area contributed by atoms with Gasteiger partial charge < -0.3 is 15.1 Å². The third kappa shape index (κ3) is 5.49. The van der Waals surface area contributed by atoms with Crippen LogP contribution < -0.4 is 10.2 Å². The summed E-state index contributed by atoms with van der Waals surface area (Å²) >= 11 is 0. The highest BCUT2D eigenvalue weighted by Crippen LogP contribution is 2.36. The van der Waals surface area contributed by atoms with E-state index >= 15 is 0 Å². The van der Waals surface area contributed by atoms with E-state index in [-0.39, 0.29) is 24.1 Å². The molecule has 11 heteroatoms. The Bertz CT molecular complexity index is 794. The van der Waals surface area contributed by atoms with E-state index in [0.717, 1.165) is 31.9 Å². The Hall–Kier alpha value is -2.56. The van der Waals surface area contributed by atoms with Crippen molar-refractivity contribution < 1.29 is 26.3 Å². The van der Waals surface area contributed by atoms with Gasteiger partial charge in [-0.15, -0.1) is 0 Å². The molecule has 2 heterocycles. The van der Waals surface area contributed by atoms with Crippen LogP contribution in [0.2, 0.25) is 0 Å². The van der Waals surface area contributed by atoms with Gasteiger partial charge in [0.1, 0.15) is 0 Å². The maximum absolute atomic E-state index is 12.9. The SMILES string of the molecule is CN1CCN(c2cnc(NCc3cc(C(F)(F)F)cc(C(F)(F)F)c3)nc2)CC1. The van der Waals surface area contributed by atoms with Crippen molar-refractivity contribution >= 4 is 11.6 Å². The Kier molecular flexibility index (Phi) is 5.87. The molecule has 158 valence electrons. The number of nitrogens with zero attached hydrogens (tertiary/aromatic N) is 4. The highest BCUT2D eigenvalue weighted by atomic mass is 19.4. The fourth-order valence-electron chi connectivity index (χ4n) is 2.94. The minimum Gasteiger partial charge on any atom is -0.366 e. The van der Waals surface area contributed by atoms with E-state index in [2.05, 4.69) is 25.1 Å². The van der Waals surface area contributed by atoms with Crippen LogP contribution in [0.25, 0.3) is 0 Å². The second-order valence-corrected chi connectivity index (χ2v) is 6.82. The van der Waals surface area contributed by atoms with Crippen molar-refractivity contribution in [3.63, 3.8) is 0 Å². The Morgan fingerprint density at radius 2 is 1.38 bits per heavy atom. The summed E-state index contributed by atoms with van der Waals surface area (Å²) in [7, 11) is 2.03. The molecule has 1 fully saturated rings. The smallest absolute Gasteiger partial charge is 0.366 e. The van der Waals surface area contributed by atoms with Crippen LogP contribution in [0.3, 0.4) is 0 Å². The average Bonchev–Trinajstić information content (AvgIpc) is 2.66. The summed E-state index contributed by atoms with van der Waals surface area (Å²) in [5.41, 5.74) is -2.06. The van der Waals surface area contributed by atoms with E-state index in [1.807, 2.05) is 7.05 Å². The van der Waals surface area contributed by atoms with Crippen molar-refractivity contribution in [1.82, 2.24) is 14.9 Å². The number of piperazine rings is 1. The Balaban J connectivity index is 1.70. The van der Waals surface area contributed by atoms with E-state index < -0.39 is 23.5 Å². The maximum Gasteiger partial charge on any atom is 0.416 e. The number of halogens is 6. The number of hydrogen-bond acceptors (Lipinski definition) is 5. The predicted octanol–water partition coefficient (Wildman–Crippen LogP) is 3.88. The topological polar surface area (TPSA) is 44.3 Å². The molecule has 0 spiro atoms. The zero-order chi connectivity index (χ0) is 21.2. The number of rotatable bonds is 4. The van der Waals surface area contributed by atoms with Crippen LogP contribution in [-0.2, 0) is 18.9 Å². The summed E-state index contributed by atoms with van der Waals surface area (Å²) in [6, 6.07) is 1.46. The molecule has 0 amide bonds. The first-order valence-electron chi connectivity index (χ1n) is 8.80. The minimum atomic E-state index is -4.88. The van der Waals surface area contributed by atoms with Gasteiger partial charge >= 0.3 is 12.4 Å². The molecule has 1 aliphatic rings. The average molecular weight is 419 g/mol. The zero-order valence-corrected chi connectivity index (χ0v) is 15.5. The Labute approximate surface area is 163 Å². The standard InChI is InChI=1S/C18H19F6N5/c1-28-2-4-29(5-3-28)15-10-26-16(27-11-15)25-9-12-6-13(17(19,20)21)8-14(7-12)18(22,23)24/h6-8,10-11H,2-5,9H2,1H3,(H,25,26,27). The number of benzene rings is 1. The van der Waals surface area contributed by atoms with Crippen molar-refractivity contribution in [2.24, 2.45) is 0 Å². The van der Waals surface area contributed by atoms with Crippen LogP contribution in [0.1, 0.15) is 16.7 Å². The van der Waals surface area contributed by atoms with Gasteiger partial charge in [-0.25, -0.2) is 9.97 Å². The second-order valence-electron chi connectivity index (χ2n) is 6.82. The van der Waals surface area contributed by atoms with Crippen LogP contribution in [-0.4, -0.2) is 48.1 Å². The maximum atomic E-state index is 12.9. The molecular weight excluding hydrogens is 400 g/mol. The van der Waals surface area contributed by atoms with Gasteiger partial charge in [-0.1, -0.05) is 0 Å². The van der Waals surface area contributed by atoms with Crippen molar-refractivity contribution in [1.29, 1.82) is 0 Å². The Morgan fingerprint density at radius 3 is 1.86 bits per heavy atom. The molecule has 0 unspecified atom stereocenters. The van der Waals surface area contributed by atoms with Crippen molar-refractivity contribution in [2.45, 2.75) is 18.9 Å². The molecule has 1 aliphatic heterocycles. The summed E-state index contributed by atoms with van der Waals surface area (Å²) in [4.78, 5) is 12.5. The van der Waals surface area contributed by atoms with Crippen molar-refractivity contribution in [3.05, 3.63) is 47.3 Å². The van der Waals surface area contributed by atoms with Crippen LogP contribution in [0.5, 0.6) is 0 Å². The number of aromatic nitrogens is 2. The molecule has 29 heavy (non-hydrogen) atoms. The molecule has 0 aliphatic carbocycles. The fraction of sp³-hybridized carbons (Fsp3) is 0.444. The minimum absolute atomic E-state index is 0.102. The van der Waals surface area contributed by atoms with Gasteiger partial charge in [0.05, 0.1) is 29.2 Å². The number of likely N-dealkylation sites (N-methyl/N-ethyl adjacent to an activating group) is 1. The first kappa shape index (κ1) is 21.2. The number of alkyl halides is 6. The van der Waals surface area contributed by atoms with Gasteiger partial charge in [0.15, 0.2) is 0 Å². The number of anilines is 2. The summed E-state index contributed by atoms with van der Waals surface area (Å²) in [6.07, 6.45) is -6.60. The third-order valence-corrected chi connectivity index (χ3v) is 4.60. The molecule has 2 aromatic rings. The van der Waals surface area contributed by atoms with E-state index in [0.29, 0.717) is 12.1 Å². The molecule has 1 aromatic heterocycles. The number of hydrogen-bond donors (Lipinski definition) is 1. The second kappa shape index (κ2) is 8.05. The van der Waals surface area contributed by atoms with Gasteiger partial charge in [-0.05, 0) is 30.8 Å². The van der Waals surface area contributed by atoms with Crippen LogP contribution in [0, 0.1) is 0 Å². The molecule has 1 saturated heterocycles. The lowest BCUT2D eigenvalue weighted by Crippen LogP contribution is -2.44. The zero-order valence-electron chi connectivity index (χ0n) is 15.5. The predicted molar refractivity (Wildman–Crippen MR) is 95.5 cm³/mol. The lowest BCUT2D eigenvalue weighted by atomic mass is 10.0. The normalized spacial score (nSPS) is 16.2. The van der Waals surface area contributed by atoms with Gasteiger partial charge in [0, 0.05) is 32.7 Å². The van der Waals surface area contributed by atoms with E-state index in [1.165, 1.54) is 0 Å². The van der Waals surface area contributed by atoms with Gasteiger partial charge in [0.2, 0.25) is 5.95 Å². The molecule has 1 N–H and O–H groups in total. The van der Waals surface area contributed by atoms with Gasteiger partial charge in [-0.2, -0.15) is 26.3 Å². The quantitative estimate of drug-likeness (QED) is 0.763. The fourth-order valence-corrected chi connectivity index (χ4v) is 2.94. The third-order valence-electron chi connectivity index (χ3n) is 4.60. The summed E-state index contributed by atoms with van der Waals surface area (Å²) in [5.74, 6) is 0.119. The number of nitrogens with one attached hydrogen (secondary N) is 1. The van der Waals surface area contributed by atoms with Crippen LogP contribution in [0.4, 0.5) is 38.0 Å². The first-order chi connectivity index (χ1) is 13.5. The van der Waals surface area contributed by atoms with Crippen LogP contribution in [0.15, 0.2) is 30.6 Å². The largest absolute Gasteiger partial charge is 0.416 e. The molecular formula is C18H19F6N5. The molecule has 1 aromatic carbocycles. The molecule has 0 saturated carbocycles. The lowest BCUT2D eigenvalue weighted by molar-refractivity contribution is -0.143. The highest BCUT2D eigenvalue weighted by Gasteiger charge is 2.36. The molecule has 3 rings (SSSR count). The summed E-state index contributed by atoms with van der Waals surface area (Å²) in [6.45, 7) is 3.16. The molecule has 0 bridgehead atoms. The van der Waals surface area contributed by atoms with E-state index in [1.54, 1.807) is 12.4 Å². The monoisotopic (exact) mass is 419 g/mol. The molecule has 0 atom stereocenters. The summed E-state index contributed by atoms with van der Waals surface area (Å²) < 4.78 is 77.5.